The molecule has 20 heavy (non-hydrogen) atoms. The van der Waals surface area contributed by atoms with E-state index in [-0.39, 0.29) is 11.9 Å². The fourth-order valence-electron chi connectivity index (χ4n) is 1.91. The van der Waals surface area contributed by atoms with E-state index in [9.17, 15) is 9.50 Å². The minimum absolute atomic E-state index is 0.214. The van der Waals surface area contributed by atoms with Crippen LogP contribution in [-0.4, -0.2) is 37.0 Å². The molecule has 4 heteroatoms. The molecule has 0 amide bonds. The third-order valence-electron chi connectivity index (χ3n) is 3.11. The van der Waals surface area contributed by atoms with Crippen LogP contribution in [0.15, 0.2) is 24.3 Å². The molecule has 1 rings (SSSR count). The smallest absolute Gasteiger partial charge is 0.123 e. The Morgan fingerprint density at radius 3 is 2.65 bits per heavy atom. The van der Waals surface area contributed by atoms with Gasteiger partial charge >= 0.3 is 0 Å². The van der Waals surface area contributed by atoms with Gasteiger partial charge in [-0.25, -0.2) is 4.39 Å². The summed E-state index contributed by atoms with van der Waals surface area (Å²) >= 11 is 0. The number of aliphatic hydroxyl groups excluding tert-OH is 1. The quantitative estimate of drug-likeness (QED) is 0.648. The number of hydrogen-bond acceptors (Lipinski definition) is 3. The van der Waals surface area contributed by atoms with Crippen molar-refractivity contribution in [1.82, 2.24) is 5.32 Å². The van der Waals surface area contributed by atoms with Crippen LogP contribution in [0.25, 0.3) is 0 Å². The second-order valence-corrected chi connectivity index (χ2v) is 5.22. The molecular formula is C16H26FNO2. The summed E-state index contributed by atoms with van der Waals surface area (Å²) in [6, 6.07) is 6.75. The van der Waals surface area contributed by atoms with E-state index in [1.54, 1.807) is 12.1 Å². The van der Waals surface area contributed by atoms with Crippen LogP contribution >= 0.6 is 0 Å². The zero-order valence-corrected chi connectivity index (χ0v) is 12.4. The van der Waals surface area contributed by atoms with Crippen molar-refractivity contribution in [3.8, 4) is 0 Å². The average molecular weight is 283 g/mol. The Hall–Kier alpha value is -0.970. The number of unbranched alkanes of at least 4 members (excludes halogenated alkanes) is 1. The van der Waals surface area contributed by atoms with Crippen LogP contribution in [0.1, 0.15) is 32.3 Å². The fraction of sp³-hybridized carbons (Fsp3) is 0.625. The van der Waals surface area contributed by atoms with Crippen LogP contribution in [0.5, 0.6) is 0 Å². The molecule has 2 unspecified atom stereocenters. The van der Waals surface area contributed by atoms with Crippen LogP contribution in [0.4, 0.5) is 4.39 Å². The molecule has 1 aromatic rings. The van der Waals surface area contributed by atoms with Gasteiger partial charge in [-0.15, -0.1) is 0 Å². The summed E-state index contributed by atoms with van der Waals surface area (Å²) in [4.78, 5) is 0. The molecule has 1 aromatic carbocycles. The van der Waals surface area contributed by atoms with Crippen LogP contribution in [-0.2, 0) is 11.2 Å². The van der Waals surface area contributed by atoms with Crippen molar-refractivity contribution in [2.75, 3.05) is 19.8 Å². The molecule has 0 heterocycles. The molecule has 0 saturated carbocycles. The van der Waals surface area contributed by atoms with Crippen molar-refractivity contribution < 1.29 is 14.2 Å². The Labute approximate surface area is 121 Å². The monoisotopic (exact) mass is 283 g/mol. The minimum Gasteiger partial charge on any atom is -0.389 e. The van der Waals surface area contributed by atoms with Crippen LogP contribution in [0.3, 0.4) is 0 Å². The van der Waals surface area contributed by atoms with Gasteiger partial charge in [-0.1, -0.05) is 25.5 Å². The number of hydrogen-bond donors (Lipinski definition) is 2. The van der Waals surface area contributed by atoms with Gasteiger partial charge in [-0.05, 0) is 37.5 Å². The van der Waals surface area contributed by atoms with Gasteiger partial charge in [-0.2, -0.15) is 0 Å². The minimum atomic E-state index is -0.484. The lowest BCUT2D eigenvalue weighted by molar-refractivity contribution is 0.0348. The maximum absolute atomic E-state index is 12.8. The van der Waals surface area contributed by atoms with Crippen molar-refractivity contribution in [2.45, 2.75) is 45.3 Å². The number of aliphatic hydroxyl groups is 1. The summed E-state index contributed by atoms with van der Waals surface area (Å²) in [5.74, 6) is -0.214. The lowest BCUT2D eigenvalue weighted by atomic mass is 10.1. The second kappa shape index (κ2) is 9.86. The summed E-state index contributed by atoms with van der Waals surface area (Å²) in [5.41, 5.74) is 1.08. The van der Waals surface area contributed by atoms with E-state index in [1.807, 2.05) is 6.92 Å². The highest BCUT2D eigenvalue weighted by Gasteiger charge is 2.08. The molecule has 0 fully saturated rings. The molecule has 2 N–H and O–H groups in total. The van der Waals surface area contributed by atoms with Gasteiger partial charge in [-0.3, -0.25) is 0 Å². The zero-order valence-electron chi connectivity index (χ0n) is 12.4. The summed E-state index contributed by atoms with van der Waals surface area (Å²) in [6.45, 7) is 5.75. The summed E-state index contributed by atoms with van der Waals surface area (Å²) in [7, 11) is 0. The molecule has 3 nitrogen and oxygen atoms in total. The third-order valence-corrected chi connectivity index (χ3v) is 3.11. The first-order valence-electron chi connectivity index (χ1n) is 7.35. The largest absolute Gasteiger partial charge is 0.389 e. The lowest BCUT2D eigenvalue weighted by Gasteiger charge is -2.17. The van der Waals surface area contributed by atoms with E-state index in [0.717, 1.165) is 24.8 Å². The predicted octanol–water partition coefficient (Wildman–Crippen LogP) is 2.52. The first kappa shape index (κ1) is 17.1. The van der Waals surface area contributed by atoms with Crippen LogP contribution in [0, 0.1) is 5.82 Å². The van der Waals surface area contributed by atoms with Gasteiger partial charge in [0.1, 0.15) is 5.82 Å². The molecule has 0 aliphatic heterocycles. The van der Waals surface area contributed by atoms with Gasteiger partial charge in [0.2, 0.25) is 0 Å². The first-order chi connectivity index (χ1) is 9.61. The number of benzene rings is 1. The number of rotatable bonds is 10. The van der Waals surface area contributed by atoms with E-state index >= 15 is 0 Å². The Kier molecular flexibility index (Phi) is 8.42. The molecular weight excluding hydrogens is 257 g/mol. The maximum Gasteiger partial charge on any atom is 0.123 e. The molecule has 0 bridgehead atoms. The van der Waals surface area contributed by atoms with Gasteiger partial charge in [0.05, 0.1) is 12.7 Å². The fourth-order valence-corrected chi connectivity index (χ4v) is 1.91. The molecule has 0 aliphatic rings. The van der Waals surface area contributed by atoms with Crippen molar-refractivity contribution in [3.63, 3.8) is 0 Å². The molecule has 0 aliphatic carbocycles. The van der Waals surface area contributed by atoms with Gasteiger partial charge in [0.25, 0.3) is 0 Å². The highest BCUT2D eigenvalue weighted by Crippen LogP contribution is 2.05. The summed E-state index contributed by atoms with van der Waals surface area (Å²) in [5, 5.41) is 13.0. The zero-order chi connectivity index (χ0) is 14.8. The second-order valence-electron chi connectivity index (χ2n) is 5.22. The Balaban J connectivity index is 2.15. The van der Waals surface area contributed by atoms with Gasteiger partial charge in [0, 0.05) is 19.2 Å². The van der Waals surface area contributed by atoms with Gasteiger partial charge in [0.15, 0.2) is 0 Å². The standard InChI is InChI=1S/C16H26FNO2/c1-3-4-9-20-12-16(19)11-18-13(2)10-14-5-7-15(17)8-6-14/h5-8,13,16,18-19H,3-4,9-12H2,1-2H3. The third kappa shape index (κ3) is 7.58. The van der Waals surface area contributed by atoms with Crippen molar-refractivity contribution >= 4 is 0 Å². The molecule has 0 spiro atoms. The topological polar surface area (TPSA) is 41.5 Å². The Morgan fingerprint density at radius 2 is 2.00 bits per heavy atom. The molecule has 0 aromatic heterocycles. The van der Waals surface area contributed by atoms with E-state index < -0.39 is 6.10 Å². The summed E-state index contributed by atoms with van der Waals surface area (Å²) < 4.78 is 18.2. The normalized spacial score (nSPS) is 14.2. The van der Waals surface area contributed by atoms with Gasteiger partial charge < -0.3 is 15.2 Å². The highest BCUT2D eigenvalue weighted by atomic mass is 19.1. The average Bonchev–Trinajstić information content (AvgIpc) is 2.44. The molecule has 0 saturated heterocycles. The molecule has 0 radical (unpaired) electrons. The van der Waals surface area contributed by atoms with E-state index in [4.69, 9.17) is 4.74 Å². The van der Waals surface area contributed by atoms with Crippen molar-refractivity contribution in [3.05, 3.63) is 35.6 Å². The number of ether oxygens (including phenoxy) is 1. The lowest BCUT2D eigenvalue weighted by Crippen LogP contribution is -2.37. The Morgan fingerprint density at radius 1 is 1.30 bits per heavy atom. The Bertz CT molecular complexity index is 356. The maximum atomic E-state index is 12.8. The van der Waals surface area contributed by atoms with E-state index in [0.29, 0.717) is 19.8 Å². The molecule has 2 atom stereocenters. The van der Waals surface area contributed by atoms with E-state index in [2.05, 4.69) is 12.2 Å². The molecule has 114 valence electrons. The van der Waals surface area contributed by atoms with E-state index in [1.165, 1.54) is 12.1 Å². The highest BCUT2D eigenvalue weighted by molar-refractivity contribution is 5.16. The summed E-state index contributed by atoms with van der Waals surface area (Å²) in [6.07, 6.45) is 2.45. The SMILES string of the molecule is CCCCOCC(O)CNC(C)Cc1ccc(F)cc1. The predicted molar refractivity (Wildman–Crippen MR) is 79.3 cm³/mol. The van der Waals surface area contributed by atoms with Crippen LogP contribution < -0.4 is 5.32 Å². The number of halogens is 1. The van der Waals surface area contributed by atoms with Crippen LogP contribution in [0.2, 0.25) is 0 Å². The first-order valence-corrected chi connectivity index (χ1v) is 7.35. The van der Waals surface area contributed by atoms with Crippen molar-refractivity contribution in [2.24, 2.45) is 0 Å². The number of nitrogens with one attached hydrogen (secondary N) is 1. The van der Waals surface area contributed by atoms with Crippen molar-refractivity contribution in [1.29, 1.82) is 0 Å².